The number of anilines is 1. The Morgan fingerprint density at radius 2 is 2.09 bits per heavy atom. The minimum Gasteiger partial charge on any atom is -0.370 e. The fourth-order valence-corrected chi connectivity index (χ4v) is 3.61. The minimum atomic E-state index is 0.460. The second-order valence-corrected chi connectivity index (χ2v) is 6.93. The molecule has 0 aliphatic carbocycles. The summed E-state index contributed by atoms with van der Waals surface area (Å²) in [7, 11) is 1.86. The fraction of sp³-hybridized carbons (Fsp3) is 0.429. The molecular weight excluding hydrogens is 355 g/mol. The summed E-state index contributed by atoms with van der Waals surface area (Å²) in [6, 6.07) is 1.82. The van der Waals surface area contributed by atoms with Gasteiger partial charge in [-0.1, -0.05) is 23.2 Å². The summed E-state index contributed by atoms with van der Waals surface area (Å²) in [5.41, 5.74) is 7.06. The van der Waals surface area contributed by atoms with E-state index >= 15 is 0 Å². The van der Waals surface area contributed by atoms with Crippen LogP contribution in [-0.2, 0) is 13.6 Å². The normalized spacial score (nSPS) is 16.2. The second-order valence-electron chi connectivity index (χ2n) is 5.30. The molecule has 3 rings (SSSR count). The number of hydrogen-bond donors (Lipinski definition) is 1. The van der Waals surface area contributed by atoms with Gasteiger partial charge in [-0.15, -0.1) is 11.3 Å². The Bertz CT molecular complexity index is 688. The number of aliphatic imine (C=N–C) groups is 1. The lowest BCUT2D eigenvalue weighted by molar-refractivity contribution is 0.380. The van der Waals surface area contributed by atoms with Gasteiger partial charge >= 0.3 is 0 Å². The predicted octanol–water partition coefficient (Wildman–Crippen LogP) is 2.43. The Kier molecular flexibility index (Phi) is 4.99. The van der Waals surface area contributed by atoms with Crippen LogP contribution in [-0.4, -0.2) is 46.6 Å². The highest BCUT2D eigenvalue weighted by atomic mass is 35.5. The molecule has 3 heterocycles. The lowest BCUT2D eigenvalue weighted by Gasteiger charge is -2.35. The second kappa shape index (κ2) is 6.98. The Labute approximate surface area is 149 Å². The first-order valence-electron chi connectivity index (χ1n) is 7.25. The van der Waals surface area contributed by atoms with Crippen LogP contribution in [0.25, 0.3) is 0 Å². The summed E-state index contributed by atoms with van der Waals surface area (Å²) >= 11 is 13.7. The predicted molar refractivity (Wildman–Crippen MR) is 96.7 cm³/mol. The molecule has 2 aromatic heterocycles. The van der Waals surface area contributed by atoms with Gasteiger partial charge in [0.25, 0.3) is 0 Å². The lowest BCUT2D eigenvalue weighted by atomic mass is 10.3. The van der Waals surface area contributed by atoms with Gasteiger partial charge in [-0.2, -0.15) is 0 Å². The van der Waals surface area contributed by atoms with E-state index in [4.69, 9.17) is 28.9 Å². The Morgan fingerprint density at radius 3 is 2.65 bits per heavy atom. The van der Waals surface area contributed by atoms with Crippen molar-refractivity contribution < 1.29 is 0 Å². The van der Waals surface area contributed by atoms with Gasteiger partial charge in [0.2, 0.25) is 0 Å². The molecule has 1 aliphatic rings. The highest BCUT2D eigenvalue weighted by Gasteiger charge is 2.20. The van der Waals surface area contributed by atoms with Crippen LogP contribution in [0.4, 0.5) is 5.13 Å². The number of piperazine rings is 1. The number of rotatable bonds is 3. The van der Waals surface area contributed by atoms with Crippen LogP contribution in [0.15, 0.2) is 22.6 Å². The van der Waals surface area contributed by atoms with Crippen LogP contribution in [0.2, 0.25) is 10.2 Å². The van der Waals surface area contributed by atoms with Gasteiger partial charge in [0.1, 0.15) is 5.15 Å². The molecule has 124 valence electrons. The monoisotopic (exact) mass is 372 g/mol. The van der Waals surface area contributed by atoms with Crippen LogP contribution in [0, 0.1) is 0 Å². The van der Waals surface area contributed by atoms with Crippen molar-refractivity contribution in [1.29, 1.82) is 0 Å². The zero-order chi connectivity index (χ0) is 16.4. The van der Waals surface area contributed by atoms with E-state index in [1.807, 2.05) is 29.3 Å². The first-order valence-corrected chi connectivity index (χ1v) is 8.88. The molecule has 1 saturated heterocycles. The maximum Gasteiger partial charge on any atom is 0.191 e. The molecule has 0 bridgehead atoms. The van der Waals surface area contributed by atoms with E-state index in [1.54, 1.807) is 11.3 Å². The average molecular weight is 373 g/mol. The topological polar surface area (TPSA) is 62.7 Å². The molecule has 0 unspecified atom stereocenters. The van der Waals surface area contributed by atoms with E-state index in [-0.39, 0.29) is 0 Å². The number of nitrogens with two attached hydrogens (primary N) is 1. The van der Waals surface area contributed by atoms with Crippen molar-refractivity contribution in [2.75, 3.05) is 31.1 Å². The molecule has 6 nitrogen and oxygen atoms in total. The molecule has 23 heavy (non-hydrogen) atoms. The summed E-state index contributed by atoms with van der Waals surface area (Å²) in [5, 5.41) is 4.11. The van der Waals surface area contributed by atoms with E-state index in [9.17, 15) is 0 Å². The lowest BCUT2D eigenvalue weighted by Crippen LogP contribution is -2.51. The average Bonchev–Trinajstić information content (AvgIpc) is 3.18. The quantitative estimate of drug-likeness (QED) is 0.663. The highest BCUT2D eigenvalue weighted by Crippen LogP contribution is 2.25. The van der Waals surface area contributed by atoms with E-state index in [0.29, 0.717) is 22.7 Å². The molecule has 2 aromatic rings. The van der Waals surface area contributed by atoms with Crippen molar-refractivity contribution in [2.45, 2.75) is 6.54 Å². The zero-order valence-electron chi connectivity index (χ0n) is 12.7. The van der Waals surface area contributed by atoms with Gasteiger partial charge in [0, 0.05) is 50.5 Å². The zero-order valence-corrected chi connectivity index (χ0v) is 15.1. The smallest absolute Gasteiger partial charge is 0.191 e. The third-order valence-corrected chi connectivity index (χ3v) is 5.59. The van der Waals surface area contributed by atoms with Crippen molar-refractivity contribution >= 4 is 45.6 Å². The first-order chi connectivity index (χ1) is 11.1. The number of thiazole rings is 1. The summed E-state index contributed by atoms with van der Waals surface area (Å²) < 4.78 is 1.82. The summed E-state index contributed by atoms with van der Waals surface area (Å²) in [5.74, 6) is 0.553. The maximum absolute atomic E-state index is 6.12. The number of guanidine groups is 1. The van der Waals surface area contributed by atoms with Crippen molar-refractivity contribution in [2.24, 2.45) is 17.8 Å². The molecule has 0 atom stereocenters. The molecular formula is C14H18Cl2N6S. The Morgan fingerprint density at radius 1 is 1.35 bits per heavy atom. The van der Waals surface area contributed by atoms with Gasteiger partial charge < -0.3 is 20.1 Å². The van der Waals surface area contributed by atoms with E-state index < -0.39 is 0 Å². The first kappa shape index (κ1) is 16.4. The Balaban J connectivity index is 1.58. The third-order valence-electron chi connectivity index (χ3n) is 3.91. The summed E-state index contributed by atoms with van der Waals surface area (Å²) in [6.07, 6.45) is 1.83. The Hall–Kier alpha value is -1.44. The van der Waals surface area contributed by atoms with Gasteiger partial charge in [-0.3, -0.25) is 0 Å². The van der Waals surface area contributed by atoms with Gasteiger partial charge in [-0.05, 0) is 6.07 Å². The van der Waals surface area contributed by atoms with Crippen LogP contribution in [0.1, 0.15) is 5.69 Å². The molecule has 2 N–H and O–H groups in total. The number of aromatic nitrogens is 2. The molecule has 1 fully saturated rings. The standard InChI is InChI=1S/C14H18Cl2N6S/c1-20-10(8-11(15)12(20)16)9-19-13(17)21-3-5-22(6-4-21)14-18-2-7-23-14/h2,7-8H,3-6,9H2,1H3,(H2,17,19). The third kappa shape index (κ3) is 3.57. The molecule has 0 aromatic carbocycles. The van der Waals surface area contributed by atoms with Gasteiger partial charge in [0.15, 0.2) is 11.1 Å². The van der Waals surface area contributed by atoms with Gasteiger partial charge in [0.05, 0.1) is 11.6 Å². The van der Waals surface area contributed by atoms with Gasteiger partial charge in [-0.25, -0.2) is 9.98 Å². The van der Waals surface area contributed by atoms with Crippen LogP contribution < -0.4 is 10.6 Å². The minimum absolute atomic E-state index is 0.460. The van der Waals surface area contributed by atoms with Crippen LogP contribution in [0.5, 0.6) is 0 Å². The number of nitrogens with zero attached hydrogens (tertiary/aromatic N) is 5. The van der Waals surface area contributed by atoms with Crippen molar-refractivity contribution in [1.82, 2.24) is 14.5 Å². The number of halogens is 2. The molecule has 1 aliphatic heterocycles. The number of hydrogen-bond acceptors (Lipinski definition) is 4. The molecule has 0 amide bonds. The fourth-order valence-electron chi connectivity index (χ4n) is 2.50. The summed E-state index contributed by atoms with van der Waals surface area (Å²) in [6.45, 7) is 3.92. The largest absolute Gasteiger partial charge is 0.370 e. The molecule has 0 saturated carbocycles. The van der Waals surface area contributed by atoms with Crippen molar-refractivity contribution in [3.05, 3.63) is 33.5 Å². The van der Waals surface area contributed by atoms with E-state index in [1.165, 1.54) is 0 Å². The molecule has 9 heteroatoms. The van der Waals surface area contributed by atoms with Crippen molar-refractivity contribution in [3.63, 3.8) is 0 Å². The van der Waals surface area contributed by atoms with Crippen molar-refractivity contribution in [3.8, 4) is 0 Å². The summed E-state index contributed by atoms with van der Waals surface area (Å²) in [4.78, 5) is 13.2. The maximum atomic E-state index is 6.12. The van der Waals surface area contributed by atoms with E-state index in [0.717, 1.165) is 37.0 Å². The van der Waals surface area contributed by atoms with E-state index in [2.05, 4.69) is 19.8 Å². The molecule has 0 spiro atoms. The highest BCUT2D eigenvalue weighted by molar-refractivity contribution is 7.13. The molecule has 0 radical (unpaired) electrons. The SMILES string of the molecule is Cn1c(CN=C(N)N2CCN(c3nccs3)CC2)cc(Cl)c1Cl. The van der Waals surface area contributed by atoms with Crippen LogP contribution in [0.3, 0.4) is 0 Å². The van der Waals surface area contributed by atoms with Crippen LogP contribution >= 0.6 is 34.5 Å².